The van der Waals surface area contributed by atoms with Gasteiger partial charge in [-0.25, -0.2) is 4.98 Å². The van der Waals surface area contributed by atoms with Crippen molar-refractivity contribution in [3.05, 3.63) is 89.5 Å². The van der Waals surface area contributed by atoms with E-state index in [1.54, 1.807) is 6.07 Å². The predicted octanol–water partition coefficient (Wildman–Crippen LogP) is 4.74. The third-order valence-corrected chi connectivity index (χ3v) is 5.12. The molecule has 1 amide bonds. The minimum absolute atomic E-state index is 0.448. The van der Waals surface area contributed by atoms with Gasteiger partial charge in [-0.3, -0.25) is 4.79 Å². The molecule has 0 saturated heterocycles. The molecule has 4 aromatic rings. The molecule has 4 heteroatoms. The summed E-state index contributed by atoms with van der Waals surface area (Å²) in [4.78, 5) is 16.8. The van der Waals surface area contributed by atoms with E-state index in [0.717, 1.165) is 41.9 Å². The molecule has 0 aliphatic carbocycles. The summed E-state index contributed by atoms with van der Waals surface area (Å²) in [7, 11) is 0. The Kier molecular flexibility index (Phi) is 4.94. The molecule has 1 aromatic heterocycles. The van der Waals surface area contributed by atoms with Gasteiger partial charge in [0, 0.05) is 12.1 Å². The minimum Gasteiger partial charge on any atom is -0.366 e. The first-order valence-electron chi connectivity index (χ1n) is 9.54. The summed E-state index contributed by atoms with van der Waals surface area (Å²) in [6, 6.07) is 24.3. The fraction of sp³-hybridized carbons (Fsp3) is 0.167. The second-order valence-electron chi connectivity index (χ2n) is 7.03. The molecular formula is C24H23N3O. The van der Waals surface area contributed by atoms with Crippen LogP contribution in [-0.2, 0) is 13.0 Å². The largest absolute Gasteiger partial charge is 0.366 e. The number of nitrogens with two attached hydrogens (primary N) is 1. The van der Waals surface area contributed by atoms with Crippen LogP contribution in [0.15, 0.2) is 72.8 Å². The third kappa shape index (κ3) is 3.41. The van der Waals surface area contributed by atoms with Crippen molar-refractivity contribution in [3.8, 4) is 11.4 Å². The Balaban J connectivity index is 1.78. The molecule has 0 bridgehead atoms. The van der Waals surface area contributed by atoms with Crippen LogP contribution < -0.4 is 5.73 Å². The molecule has 4 rings (SSSR count). The number of hydrogen-bond donors (Lipinski definition) is 1. The highest BCUT2D eigenvalue weighted by molar-refractivity contribution is 6.04. The standard InChI is InChI=1S/C24H23N3O/c1-17-9-5-6-13-19(17)24-26-22-20(23(25)28)14-7-15-21(22)27(24)16-8-12-18-10-3-2-4-11-18/h2-7,9-11,13-15H,8,12,16H2,1H3,(H2,25,28). The molecule has 140 valence electrons. The Morgan fingerprint density at radius 2 is 1.71 bits per heavy atom. The zero-order valence-electron chi connectivity index (χ0n) is 15.9. The van der Waals surface area contributed by atoms with Crippen LogP contribution in [0.2, 0.25) is 0 Å². The molecular weight excluding hydrogens is 346 g/mol. The Bertz CT molecular complexity index is 1130. The predicted molar refractivity (Wildman–Crippen MR) is 113 cm³/mol. The van der Waals surface area contributed by atoms with Crippen LogP contribution in [0, 0.1) is 6.92 Å². The number of carbonyl (C=O) groups is 1. The Morgan fingerprint density at radius 1 is 0.964 bits per heavy atom. The van der Waals surface area contributed by atoms with E-state index in [2.05, 4.69) is 47.9 Å². The molecule has 0 aliphatic rings. The SMILES string of the molecule is Cc1ccccc1-c1nc2c(C(N)=O)cccc2n1CCCc1ccccc1. The zero-order valence-corrected chi connectivity index (χ0v) is 15.9. The van der Waals surface area contributed by atoms with E-state index in [0.29, 0.717) is 11.1 Å². The molecule has 0 aliphatic heterocycles. The highest BCUT2D eigenvalue weighted by Crippen LogP contribution is 2.29. The molecule has 28 heavy (non-hydrogen) atoms. The lowest BCUT2D eigenvalue weighted by molar-refractivity contribution is 0.100. The molecule has 4 nitrogen and oxygen atoms in total. The van der Waals surface area contributed by atoms with Crippen molar-refractivity contribution in [1.29, 1.82) is 0 Å². The number of hydrogen-bond acceptors (Lipinski definition) is 2. The summed E-state index contributed by atoms with van der Waals surface area (Å²) in [5.41, 5.74) is 11.2. The number of carbonyl (C=O) groups excluding carboxylic acids is 1. The normalized spacial score (nSPS) is 11.0. The Labute approximate surface area is 164 Å². The van der Waals surface area contributed by atoms with Gasteiger partial charge in [0.15, 0.2) is 0 Å². The van der Waals surface area contributed by atoms with Gasteiger partial charge < -0.3 is 10.3 Å². The molecule has 3 aromatic carbocycles. The maximum atomic E-state index is 11.9. The number of aryl methyl sites for hydroxylation is 3. The van der Waals surface area contributed by atoms with Crippen LogP contribution in [0.5, 0.6) is 0 Å². The summed E-state index contributed by atoms with van der Waals surface area (Å²) in [6.07, 6.45) is 1.97. The van der Waals surface area contributed by atoms with E-state index >= 15 is 0 Å². The van der Waals surface area contributed by atoms with Gasteiger partial charge in [0.05, 0.1) is 11.1 Å². The topological polar surface area (TPSA) is 60.9 Å². The first kappa shape index (κ1) is 18.0. The quantitative estimate of drug-likeness (QED) is 0.533. The molecule has 0 unspecified atom stereocenters. The Morgan fingerprint density at radius 3 is 2.46 bits per heavy atom. The van der Waals surface area contributed by atoms with Crippen molar-refractivity contribution in [2.24, 2.45) is 5.73 Å². The lowest BCUT2D eigenvalue weighted by Gasteiger charge is -2.11. The number of nitrogens with zero attached hydrogens (tertiary/aromatic N) is 2. The van der Waals surface area contributed by atoms with Crippen molar-refractivity contribution < 1.29 is 4.79 Å². The van der Waals surface area contributed by atoms with Crippen molar-refractivity contribution in [2.75, 3.05) is 0 Å². The van der Waals surface area contributed by atoms with Crippen LogP contribution in [-0.4, -0.2) is 15.5 Å². The fourth-order valence-electron chi connectivity index (χ4n) is 3.69. The number of fused-ring (bicyclic) bond motifs is 1. The van der Waals surface area contributed by atoms with Crippen molar-refractivity contribution >= 4 is 16.9 Å². The van der Waals surface area contributed by atoms with Crippen molar-refractivity contribution in [1.82, 2.24) is 9.55 Å². The fourth-order valence-corrected chi connectivity index (χ4v) is 3.69. The van der Waals surface area contributed by atoms with Gasteiger partial charge in [-0.05, 0) is 43.0 Å². The van der Waals surface area contributed by atoms with Gasteiger partial charge in [0.25, 0.3) is 5.91 Å². The molecule has 0 spiro atoms. The number of para-hydroxylation sites is 1. The number of amides is 1. The summed E-state index contributed by atoms with van der Waals surface area (Å²) in [6.45, 7) is 2.90. The Hall–Kier alpha value is -3.40. The maximum absolute atomic E-state index is 11.9. The van der Waals surface area contributed by atoms with Crippen LogP contribution in [0.4, 0.5) is 0 Å². The van der Waals surface area contributed by atoms with Crippen LogP contribution in [0.1, 0.15) is 27.9 Å². The average Bonchev–Trinajstić information content (AvgIpc) is 3.07. The monoisotopic (exact) mass is 369 g/mol. The van der Waals surface area contributed by atoms with Crippen molar-refractivity contribution in [2.45, 2.75) is 26.3 Å². The molecule has 0 radical (unpaired) electrons. The highest BCUT2D eigenvalue weighted by atomic mass is 16.1. The molecule has 0 saturated carbocycles. The van der Waals surface area contributed by atoms with E-state index in [-0.39, 0.29) is 0 Å². The molecule has 2 N–H and O–H groups in total. The summed E-state index contributed by atoms with van der Waals surface area (Å²) >= 11 is 0. The molecule has 0 fully saturated rings. The van der Waals surface area contributed by atoms with E-state index in [4.69, 9.17) is 10.7 Å². The number of rotatable bonds is 6. The molecule has 1 heterocycles. The molecule has 0 atom stereocenters. The summed E-state index contributed by atoms with van der Waals surface area (Å²) < 4.78 is 2.22. The van der Waals surface area contributed by atoms with E-state index in [1.807, 2.05) is 30.3 Å². The van der Waals surface area contributed by atoms with Crippen LogP contribution in [0.25, 0.3) is 22.4 Å². The van der Waals surface area contributed by atoms with Gasteiger partial charge >= 0.3 is 0 Å². The van der Waals surface area contributed by atoms with Gasteiger partial charge in [-0.2, -0.15) is 0 Å². The zero-order chi connectivity index (χ0) is 19.5. The van der Waals surface area contributed by atoms with Gasteiger partial charge in [-0.1, -0.05) is 60.7 Å². The number of benzene rings is 3. The second kappa shape index (κ2) is 7.69. The smallest absolute Gasteiger partial charge is 0.250 e. The minimum atomic E-state index is -0.448. The first-order valence-corrected chi connectivity index (χ1v) is 9.54. The average molecular weight is 369 g/mol. The van der Waals surface area contributed by atoms with Crippen molar-refractivity contribution in [3.63, 3.8) is 0 Å². The van der Waals surface area contributed by atoms with Gasteiger partial charge in [0.2, 0.25) is 0 Å². The number of primary amides is 1. The highest BCUT2D eigenvalue weighted by Gasteiger charge is 2.18. The van der Waals surface area contributed by atoms with Crippen LogP contribution >= 0.6 is 0 Å². The summed E-state index contributed by atoms with van der Waals surface area (Å²) in [5, 5.41) is 0. The van der Waals surface area contributed by atoms with Gasteiger partial charge in [0.1, 0.15) is 11.3 Å². The van der Waals surface area contributed by atoms with E-state index in [1.165, 1.54) is 5.56 Å². The maximum Gasteiger partial charge on any atom is 0.250 e. The third-order valence-electron chi connectivity index (χ3n) is 5.12. The van der Waals surface area contributed by atoms with E-state index < -0.39 is 5.91 Å². The van der Waals surface area contributed by atoms with Gasteiger partial charge in [-0.15, -0.1) is 0 Å². The summed E-state index contributed by atoms with van der Waals surface area (Å²) in [5.74, 6) is 0.436. The van der Waals surface area contributed by atoms with E-state index in [9.17, 15) is 4.79 Å². The first-order chi connectivity index (χ1) is 13.6. The van der Waals surface area contributed by atoms with Crippen LogP contribution in [0.3, 0.4) is 0 Å². The lowest BCUT2D eigenvalue weighted by atomic mass is 10.1. The number of aromatic nitrogens is 2. The second-order valence-corrected chi connectivity index (χ2v) is 7.03. The lowest BCUT2D eigenvalue weighted by Crippen LogP contribution is -2.11. The number of imidazole rings is 1.